The topological polar surface area (TPSA) is 38.5 Å². The number of hydrogen-bond acceptors (Lipinski definition) is 3. The Balaban J connectivity index is 2.13. The van der Waals surface area contributed by atoms with Crippen molar-refractivity contribution in [1.29, 1.82) is 0 Å². The largest absolute Gasteiger partial charge is 0.377 e. The lowest BCUT2D eigenvalue weighted by Crippen LogP contribution is -2.36. The quantitative estimate of drug-likeness (QED) is 0.794. The molecule has 0 aromatic rings. The average molecular weight is 256 g/mol. The first kappa shape index (κ1) is 15.9. The van der Waals surface area contributed by atoms with Crippen molar-refractivity contribution in [3.05, 3.63) is 0 Å². The number of ether oxygens (including phenoxy) is 1. The van der Waals surface area contributed by atoms with E-state index >= 15 is 0 Å². The standard InChI is InChI=1S/C15H32N2O/c1-15(2,3)11-13(16)8-9-17(4)12-14-7-5-6-10-18-14/h13-14H,5-12,16H2,1-4H3. The van der Waals surface area contributed by atoms with Crippen LogP contribution in [0.5, 0.6) is 0 Å². The first-order chi connectivity index (χ1) is 8.37. The van der Waals surface area contributed by atoms with Crippen LogP contribution in [-0.4, -0.2) is 43.8 Å². The Bertz CT molecular complexity index is 219. The molecule has 0 aliphatic carbocycles. The Kier molecular flexibility index (Phi) is 6.61. The van der Waals surface area contributed by atoms with E-state index in [0.29, 0.717) is 17.6 Å². The molecule has 2 atom stereocenters. The van der Waals surface area contributed by atoms with Gasteiger partial charge in [-0.1, -0.05) is 20.8 Å². The van der Waals surface area contributed by atoms with Crippen LogP contribution in [0.2, 0.25) is 0 Å². The van der Waals surface area contributed by atoms with E-state index in [1.54, 1.807) is 0 Å². The summed E-state index contributed by atoms with van der Waals surface area (Å²) in [6, 6.07) is 0.319. The first-order valence-corrected chi connectivity index (χ1v) is 7.42. The zero-order chi connectivity index (χ0) is 13.6. The lowest BCUT2D eigenvalue weighted by atomic mass is 9.87. The summed E-state index contributed by atoms with van der Waals surface area (Å²) in [5, 5.41) is 0. The number of nitrogens with two attached hydrogens (primary N) is 1. The lowest BCUT2D eigenvalue weighted by molar-refractivity contribution is -0.00186. The second-order valence-electron chi connectivity index (χ2n) is 7.06. The molecule has 1 saturated heterocycles. The van der Waals surface area contributed by atoms with Gasteiger partial charge >= 0.3 is 0 Å². The predicted molar refractivity (Wildman–Crippen MR) is 77.8 cm³/mol. The summed E-state index contributed by atoms with van der Waals surface area (Å²) < 4.78 is 5.76. The second-order valence-corrected chi connectivity index (χ2v) is 7.06. The molecule has 108 valence electrons. The second kappa shape index (κ2) is 7.46. The molecule has 1 aliphatic rings. The van der Waals surface area contributed by atoms with Gasteiger partial charge in [-0.25, -0.2) is 0 Å². The summed E-state index contributed by atoms with van der Waals surface area (Å²) in [5.41, 5.74) is 6.52. The minimum absolute atomic E-state index is 0.319. The maximum absolute atomic E-state index is 6.18. The lowest BCUT2D eigenvalue weighted by Gasteiger charge is -2.29. The minimum atomic E-state index is 0.319. The van der Waals surface area contributed by atoms with Crippen LogP contribution in [0.25, 0.3) is 0 Å². The molecule has 0 aromatic heterocycles. The third-order valence-electron chi connectivity index (χ3n) is 3.55. The van der Waals surface area contributed by atoms with Gasteiger partial charge < -0.3 is 15.4 Å². The number of nitrogens with zero attached hydrogens (tertiary/aromatic N) is 1. The molecule has 2 unspecified atom stereocenters. The van der Waals surface area contributed by atoms with Gasteiger partial charge in [0, 0.05) is 19.2 Å². The Labute approximate surface area is 113 Å². The normalized spacial score (nSPS) is 23.3. The third kappa shape index (κ3) is 7.34. The molecule has 0 radical (unpaired) electrons. The number of hydrogen-bond donors (Lipinski definition) is 1. The van der Waals surface area contributed by atoms with E-state index in [-0.39, 0.29) is 0 Å². The van der Waals surface area contributed by atoms with Crippen molar-refractivity contribution in [2.45, 2.75) is 65.0 Å². The van der Waals surface area contributed by atoms with Crippen molar-refractivity contribution < 1.29 is 4.74 Å². The smallest absolute Gasteiger partial charge is 0.0701 e. The molecule has 1 rings (SSSR count). The highest BCUT2D eigenvalue weighted by molar-refractivity contribution is 4.74. The van der Waals surface area contributed by atoms with E-state index < -0.39 is 0 Å². The van der Waals surface area contributed by atoms with Crippen LogP contribution in [0.3, 0.4) is 0 Å². The summed E-state index contributed by atoms with van der Waals surface area (Å²) in [4.78, 5) is 2.37. The summed E-state index contributed by atoms with van der Waals surface area (Å²) in [7, 11) is 2.18. The van der Waals surface area contributed by atoms with Crippen LogP contribution in [-0.2, 0) is 4.74 Å². The molecule has 2 N–H and O–H groups in total. The highest BCUT2D eigenvalue weighted by Gasteiger charge is 2.18. The fourth-order valence-corrected chi connectivity index (χ4v) is 2.67. The fraction of sp³-hybridized carbons (Fsp3) is 1.00. The molecule has 1 fully saturated rings. The van der Waals surface area contributed by atoms with Crippen molar-refractivity contribution in [3.8, 4) is 0 Å². The van der Waals surface area contributed by atoms with Gasteiger partial charge in [0.1, 0.15) is 0 Å². The molecule has 3 nitrogen and oxygen atoms in total. The van der Waals surface area contributed by atoms with Crippen molar-refractivity contribution in [3.63, 3.8) is 0 Å². The molecule has 3 heteroatoms. The van der Waals surface area contributed by atoms with Gasteiger partial charge in [0.25, 0.3) is 0 Å². The molecule has 0 amide bonds. The van der Waals surface area contributed by atoms with E-state index in [1.165, 1.54) is 19.3 Å². The van der Waals surface area contributed by atoms with Gasteiger partial charge in [-0.3, -0.25) is 0 Å². The molecule has 0 aromatic carbocycles. The van der Waals surface area contributed by atoms with Gasteiger partial charge in [0.05, 0.1) is 6.10 Å². The van der Waals surface area contributed by atoms with Gasteiger partial charge in [0.2, 0.25) is 0 Å². The van der Waals surface area contributed by atoms with Gasteiger partial charge in [-0.15, -0.1) is 0 Å². The zero-order valence-electron chi connectivity index (χ0n) is 12.7. The molecule has 0 spiro atoms. The number of rotatable bonds is 6. The highest BCUT2D eigenvalue weighted by Crippen LogP contribution is 2.21. The van der Waals surface area contributed by atoms with Crippen LogP contribution in [0.15, 0.2) is 0 Å². The van der Waals surface area contributed by atoms with Crippen LogP contribution >= 0.6 is 0 Å². The van der Waals surface area contributed by atoms with Crippen molar-refractivity contribution in [2.24, 2.45) is 11.1 Å². The summed E-state index contributed by atoms with van der Waals surface area (Å²) >= 11 is 0. The van der Waals surface area contributed by atoms with Crippen molar-refractivity contribution in [1.82, 2.24) is 4.90 Å². The van der Waals surface area contributed by atoms with Crippen LogP contribution < -0.4 is 5.73 Å². The highest BCUT2D eigenvalue weighted by atomic mass is 16.5. The van der Waals surface area contributed by atoms with Crippen LogP contribution in [0.4, 0.5) is 0 Å². The Morgan fingerprint density at radius 3 is 2.61 bits per heavy atom. The molecular formula is C15H32N2O. The van der Waals surface area contributed by atoms with E-state index in [0.717, 1.165) is 32.5 Å². The Hall–Kier alpha value is -0.120. The predicted octanol–water partition coefficient (Wildman–Crippen LogP) is 2.64. The molecule has 1 heterocycles. The summed E-state index contributed by atoms with van der Waals surface area (Å²) in [6.45, 7) is 9.85. The van der Waals surface area contributed by atoms with Gasteiger partial charge in [0.15, 0.2) is 0 Å². The fourth-order valence-electron chi connectivity index (χ4n) is 2.67. The SMILES string of the molecule is CN(CCC(N)CC(C)(C)C)CC1CCCCO1. The monoisotopic (exact) mass is 256 g/mol. The summed E-state index contributed by atoms with van der Waals surface area (Å²) in [5.74, 6) is 0. The van der Waals surface area contributed by atoms with Crippen molar-refractivity contribution in [2.75, 3.05) is 26.7 Å². The molecule has 18 heavy (non-hydrogen) atoms. The van der Waals surface area contributed by atoms with E-state index in [4.69, 9.17) is 10.5 Å². The maximum Gasteiger partial charge on any atom is 0.0701 e. The molecule has 1 aliphatic heterocycles. The van der Waals surface area contributed by atoms with Crippen LogP contribution in [0, 0.1) is 5.41 Å². The molecule has 0 bridgehead atoms. The van der Waals surface area contributed by atoms with E-state index in [2.05, 4.69) is 32.7 Å². The summed E-state index contributed by atoms with van der Waals surface area (Å²) in [6.07, 6.45) is 6.40. The Morgan fingerprint density at radius 2 is 2.06 bits per heavy atom. The van der Waals surface area contributed by atoms with E-state index in [1.807, 2.05) is 0 Å². The van der Waals surface area contributed by atoms with Crippen molar-refractivity contribution >= 4 is 0 Å². The number of likely N-dealkylation sites (N-methyl/N-ethyl adjacent to an activating group) is 1. The maximum atomic E-state index is 6.18. The van der Waals surface area contributed by atoms with Gasteiger partial charge in [-0.05, 0) is 51.1 Å². The third-order valence-corrected chi connectivity index (χ3v) is 3.55. The van der Waals surface area contributed by atoms with Crippen LogP contribution in [0.1, 0.15) is 52.9 Å². The molecule has 0 saturated carbocycles. The van der Waals surface area contributed by atoms with Gasteiger partial charge in [-0.2, -0.15) is 0 Å². The first-order valence-electron chi connectivity index (χ1n) is 7.42. The minimum Gasteiger partial charge on any atom is -0.377 e. The average Bonchev–Trinajstić information content (AvgIpc) is 2.25. The zero-order valence-corrected chi connectivity index (χ0v) is 12.7. The Morgan fingerprint density at radius 1 is 1.33 bits per heavy atom. The van der Waals surface area contributed by atoms with E-state index in [9.17, 15) is 0 Å². The molecular weight excluding hydrogens is 224 g/mol.